The van der Waals surface area contributed by atoms with Crippen molar-refractivity contribution >= 4 is 22.6 Å². The number of hydrogen-bond donors (Lipinski definition) is 3. The lowest BCUT2D eigenvalue weighted by atomic mass is 10.0. The molecule has 1 atom stereocenters. The summed E-state index contributed by atoms with van der Waals surface area (Å²) in [5, 5.41) is 13.9. The van der Waals surface area contributed by atoms with Crippen molar-refractivity contribution in [3.8, 4) is 5.75 Å². The number of ether oxygens (including phenoxy) is 1. The molecule has 2 aromatic heterocycles. The predicted molar refractivity (Wildman–Crippen MR) is 119 cm³/mol. The molecule has 3 heterocycles. The number of nitrogens with zero attached hydrogens (tertiary/aromatic N) is 3. The largest absolute Gasteiger partial charge is 0.494 e. The number of aliphatic hydroxyl groups is 1. The second-order valence-corrected chi connectivity index (χ2v) is 7.79. The fourth-order valence-electron chi connectivity index (χ4n) is 3.75. The molecule has 4 N–H and O–H groups in total. The third-order valence-corrected chi connectivity index (χ3v) is 5.46. The Labute approximate surface area is 181 Å². The molecular formula is C23H27N5O3. The van der Waals surface area contributed by atoms with E-state index in [4.69, 9.17) is 10.5 Å². The molecule has 1 fully saturated rings. The molecule has 162 valence electrons. The van der Waals surface area contributed by atoms with Crippen molar-refractivity contribution in [2.75, 3.05) is 37.7 Å². The molecule has 0 spiro atoms. The van der Waals surface area contributed by atoms with Gasteiger partial charge in [0.2, 0.25) is 0 Å². The van der Waals surface area contributed by atoms with Crippen molar-refractivity contribution in [3.63, 3.8) is 0 Å². The second-order valence-electron chi connectivity index (χ2n) is 7.79. The first-order valence-corrected chi connectivity index (χ1v) is 10.5. The van der Waals surface area contributed by atoms with Crippen molar-refractivity contribution in [1.29, 1.82) is 0 Å². The van der Waals surface area contributed by atoms with Gasteiger partial charge >= 0.3 is 0 Å². The van der Waals surface area contributed by atoms with Crippen molar-refractivity contribution in [2.24, 2.45) is 5.73 Å². The number of carbonyl (C=O) groups excluding carboxylic acids is 1. The summed E-state index contributed by atoms with van der Waals surface area (Å²) in [5.74, 6) is 0.477. The van der Waals surface area contributed by atoms with E-state index in [1.165, 1.54) is 0 Å². The van der Waals surface area contributed by atoms with Gasteiger partial charge in [-0.05, 0) is 61.9 Å². The molecule has 1 aromatic carbocycles. The number of rotatable bonds is 8. The summed E-state index contributed by atoms with van der Waals surface area (Å²) in [6.45, 7) is 2.39. The molecule has 1 amide bonds. The molecule has 1 aliphatic rings. The minimum absolute atomic E-state index is 0.174. The molecule has 8 nitrogen and oxygen atoms in total. The van der Waals surface area contributed by atoms with E-state index < -0.39 is 5.60 Å². The minimum Gasteiger partial charge on any atom is -0.494 e. The zero-order chi connectivity index (χ0) is 21.7. The SMILES string of the molecule is NCCCOc1ccc(C(=O)NC[C@]2(O)CCN(c3ccnc4cccnc34)C2)cc1. The Balaban J connectivity index is 1.35. The van der Waals surface area contributed by atoms with Gasteiger partial charge in [-0.3, -0.25) is 14.8 Å². The molecule has 1 saturated heterocycles. The van der Waals surface area contributed by atoms with E-state index in [0.717, 1.165) is 23.1 Å². The molecule has 0 bridgehead atoms. The summed E-state index contributed by atoms with van der Waals surface area (Å²) >= 11 is 0. The van der Waals surface area contributed by atoms with E-state index in [0.29, 0.717) is 44.0 Å². The van der Waals surface area contributed by atoms with Crippen LogP contribution in [0, 0.1) is 0 Å². The predicted octanol–water partition coefficient (Wildman–Crippen LogP) is 1.73. The van der Waals surface area contributed by atoms with Crippen LogP contribution in [0.4, 0.5) is 5.69 Å². The first-order chi connectivity index (χ1) is 15.1. The van der Waals surface area contributed by atoms with Crippen LogP contribution in [0.5, 0.6) is 5.75 Å². The number of anilines is 1. The number of β-amino-alcohol motifs (C(OH)–C–C–N with tert-alkyl or cyclic N) is 1. The number of nitrogens with two attached hydrogens (primary N) is 1. The maximum atomic E-state index is 12.5. The number of hydrogen-bond acceptors (Lipinski definition) is 7. The highest BCUT2D eigenvalue weighted by atomic mass is 16.5. The summed E-state index contributed by atoms with van der Waals surface area (Å²) in [6, 6.07) is 12.6. The van der Waals surface area contributed by atoms with Gasteiger partial charge in [-0.15, -0.1) is 0 Å². The summed E-state index contributed by atoms with van der Waals surface area (Å²) in [6.07, 6.45) is 4.83. The maximum absolute atomic E-state index is 12.5. The average Bonchev–Trinajstić information content (AvgIpc) is 3.20. The van der Waals surface area contributed by atoms with Gasteiger partial charge in [-0.2, -0.15) is 0 Å². The Morgan fingerprint density at radius 1 is 1.19 bits per heavy atom. The molecule has 3 aromatic rings. The van der Waals surface area contributed by atoms with E-state index in [9.17, 15) is 9.90 Å². The van der Waals surface area contributed by atoms with Crippen LogP contribution >= 0.6 is 0 Å². The van der Waals surface area contributed by atoms with Gasteiger partial charge in [0.1, 0.15) is 16.9 Å². The average molecular weight is 422 g/mol. The van der Waals surface area contributed by atoms with Crippen LogP contribution in [-0.2, 0) is 0 Å². The van der Waals surface area contributed by atoms with Crippen LogP contribution in [0.1, 0.15) is 23.2 Å². The lowest BCUT2D eigenvalue weighted by Gasteiger charge is -2.25. The van der Waals surface area contributed by atoms with E-state index in [-0.39, 0.29) is 12.5 Å². The third-order valence-electron chi connectivity index (χ3n) is 5.46. The monoisotopic (exact) mass is 421 g/mol. The molecule has 4 rings (SSSR count). The van der Waals surface area contributed by atoms with E-state index >= 15 is 0 Å². The number of pyridine rings is 2. The van der Waals surface area contributed by atoms with Gasteiger partial charge in [0.15, 0.2) is 0 Å². The van der Waals surface area contributed by atoms with Crippen molar-refractivity contribution in [1.82, 2.24) is 15.3 Å². The van der Waals surface area contributed by atoms with Crippen LogP contribution in [0.15, 0.2) is 54.9 Å². The zero-order valence-electron chi connectivity index (χ0n) is 17.3. The first kappa shape index (κ1) is 21.0. The minimum atomic E-state index is -1.01. The molecule has 0 radical (unpaired) electrons. The Bertz CT molecular complexity index is 1040. The quantitative estimate of drug-likeness (QED) is 0.475. The topological polar surface area (TPSA) is 114 Å². The lowest BCUT2D eigenvalue weighted by Crippen LogP contribution is -2.45. The zero-order valence-corrected chi connectivity index (χ0v) is 17.3. The number of amides is 1. The van der Waals surface area contributed by atoms with Crippen LogP contribution in [-0.4, -0.2) is 59.4 Å². The molecule has 0 aliphatic carbocycles. The molecule has 31 heavy (non-hydrogen) atoms. The maximum Gasteiger partial charge on any atom is 0.251 e. The number of aromatic nitrogens is 2. The summed E-state index contributed by atoms with van der Waals surface area (Å²) in [4.78, 5) is 23.4. The van der Waals surface area contributed by atoms with Crippen molar-refractivity contribution in [3.05, 3.63) is 60.4 Å². The van der Waals surface area contributed by atoms with E-state index in [1.807, 2.05) is 18.2 Å². The summed E-state index contributed by atoms with van der Waals surface area (Å²) < 4.78 is 5.56. The normalized spacial score (nSPS) is 18.3. The standard InChI is InChI=1S/C23H27N5O3/c24-10-2-14-31-18-6-4-17(5-7-18)22(29)27-15-23(30)9-13-28(16-23)20-8-12-25-19-3-1-11-26-21(19)20/h1,3-8,11-12,30H,2,9-10,13-16,24H2,(H,27,29)/t23-/m1/s1. The Hall–Kier alpha value is -3.23. The van der Waals surface area contributed by atoms with Crippen LogP contribution in [0.3, 0.4) is 0 Å². The fraction of sp³-hybridized carbons (Fsp3) is 0.348. The highest BCUT2D eigenvalue weighted by Gasteiger charge is 2.37. The summed E-state index contributed by atoms with van der Waals surface area (Å²) in [7, 11) is 0. The van der Waals surface area contributed by atoms with Crippen LogP contribution < -0.4 is 20.7 Å². The Morgan fingerprint density at radius 3 is 2.84 bits per heavy atom. The molecule has 1 aliphatic heterocycles. The number of benzene rings is 1. The van der Waals surface area contributed by atoms with Gasteiger partial charge in [0, 0.05) is 37.6 Å². The number of fused-ring (bicyclic) bond motifs is 1. The third kappa shape index (κ3) is 4.92. The molecule has 0 unspecified atom stereocenters. The molecular weight excluding hydrogens is 394 g/mol. The van der Waals surface area contributed by atoms with Crippen molar-refractivity contribution in [2.45, 2.75) is 18.4 Å². The fourth-order valence-corrected chi connectivity index (χ4v) is 3.75. The van der Waals surface area contributed by atoms with Gasteiger partial charge in [0.05, 0.1) is 17.8 Å². The van der Waals surface area contributed by atoms with Gasteiger partial charge < -0.3 is 25.8 Å². The van der Waals surface area contributed by atoms with Crippen LogP contribution in [0.25, 0.3) is 11.0 Å². The second kappa shape index (κ2) is 9.28. The lowest BCUT2D eigenvalue weighted by molar-refractivity contribution is 0.0576. The van der Waals surface area contributed by atoms with E-state index in [1.54, 1.807) is 36.7 Å². The van der Waals surface area contributed by atoms with Gasteiger partial charge in [-0.25, -0.2) is 0 Å². The number of carbonyl (C=O) groups is 1. The number of nitrogens with one attached hydrogen (secondary N) is 1. The Morgan fingerprint density at radius 2 is 2.03 bits per heavy atom. The summed E-state index contributed by atoms with van der Waals surface area (Å²) in [5.41, 5.74) is 7.54. The van der Waals surface area contributed by atoms with E-state index in [2.05, 4.69) is 20.2 Å². The first-order valence-electron chi connectivity index (χ1n) is 10.5. The highest BCUT2D eigenvalue weighted by Crippen LogP contribution is 2.30. The van der Waals surface area contributed by atoms with Crippen molar-refractivity contribution < 1.29 is 14.6 Å². The Kier molecular flexibility index (Phi) is 6.29. The highest BCUT2D eigenvalue weighted by molar-refractivity contribution is 5.94. The van der Waals surface area contributed by atoms with Crippen LogP contribution in [0.2, 0.25) is 0 Å². The van der Waals surface area contributed by atoms with Gasteiger partial charge in [0.25, 0.3) is 5.91 Å². The molecule has 0 saturated carbocycles. The molecule has 8 heteroatoms. The van der Waals surface area contributed by atoms with Gasteiger partial charge in [-0.1, -0.05) is 0 Å². The smallest absolute Gasteiger partial charge is 0.251 e.